The third-order valence-electron chi connectivity index (χ3n) is 4.58. The second kappa shape index (κ2) is 7.28. The van der Waals surface area contributed by atoms with Crippen LogP contribution in [0.4, 0.5) is 0 Å². The number of aromatic hydroxyl groups is 1. The average Bonchev–Trinajstić information content (AvgIpc) is 2.85. The summed E-state index contributed by atoms with van der Waals surface area (Å²) in [4.78, 5) is 13.2. The topological polar surface area (TPSA) is 43.8 Å². The maximum atomic E-state index is 12.4. The van der Waals surface area contributed by atoms with Crippen molar-refractivity contribution in [2.24, 2.45) is 0 Å². The number of amides is 1. The van der Waals surface area contributed by atoms with Gasteiger partial charge in [0.2, 0.25) is 0 Å². The first-order chi connectivity index (χ1) is 11.8. The number of phenolic OH excluding ortho intramolecular Hbond substituents is 1. The minimum absolute atomic E-state index is 0.0610. The van der Waals surface area contributed by atoms with E-state index in [1.807, 2.05) is 25.2 Å². The van der Waals surface area contributed by atoms with Crippen LogP contribution in [-0.2, 0) is 22.0 Å². The van der Waals surface area contributed by atoms with Crippen molar-refractivity contribution < 1.29 is 9.90 Å². The number of benzene rings is 1. The first-order valence-corrected chi connectivity index (χ1v) is 10.00. The Hall–Kier alpha value is -1.46. The Labute approximate surface area is 162 Å². The number of allylic oxidation sites excluding steroid dienone is 1. The summed E-state index contributed by atoms with van der Waals surface area (Å²) in [6.45, 7) is 12.7. The number of hydrazine groups is 1. The monoisotopic (exact) mass is 376 g/mol. The van der Waals surface area contributed by atoms with Crippen LogP contribution in [0.25, 0.3) is 0 Å². The first-order valence-electron chi connectivity index (χ1n) is 9.01. The SMILES string of the molecule is CN(C)N1CS/C(=C/Cc2cc(C(C)(C)C)c(O)c(C(C)(C)C)c2)C1=O. The Kier molecular flexibility index (Phi) is 5.83. The lowest BCUT2D eigenvalue weighted by Crippen LogP contribution is -2.37. The number of nitrogens with zero attached hydrogens (tertiary/aromatic N) is 2. The third-order valence-corrected chi connectivity index (χ3v) is 5.61. The number of carbonyl (C=O) groups excluding carboxylic acids is 1. The smallest absolute Gasteiger partial charge is 0.275 e. The maximum Gasteiger partial charge on any atom is 0.275 e. The Morgan fingerprint density at radius 2 is 1.62 bits per heavy atom. The van der Waals surface area contributed by atoms with E-state index < -0.39 is 0 Å². The molecule has 0 radical (unpaired) electrons. The lowest BCUT2D eigenvalue weighted by Gasteiger charge is -2.28. The number of hydrogen-bond acceptors (Lipinski definition) is 4. The van der Waals surface area contributed by atoms with Crippen molar-refractivity contribution >= 4 is 17.7 Å². The normalized spacial score (nSPS) is 17.7. The molecule has 1 aliphatic heterocycles. The summed E-state index contributed by atoms with van der Waals surface area (Å²) in [7, 11) is 3.76. The molecule has 0 spiro atoms. The largest absolute Gasteiger partial charge is 0.507 e. The molecule has 1 aliphatic rings. The van der Waals surface area contributed by atoms with Crippen LogP contribution in [0.3, 0.4) is 0 Å². The highest BCUT2D eigenvalue weighted by Gasteiger charge is 2.29. The van der Waals surface area contributed by atoms with Gasteiger partial charge < -0.3 is 5.11 Å². The van der Waals surface area contributed by atoms with Gasteiger partial charge in [-0.1, -0.05) is 71.5 Å². The van der Waals surface area contributed by atoms with Crippen molar-refractivity contribution in [2.75, 3.05) is 20.0 Å². The summed E-state index contributed by atoms with van der Waals surface area (Å²) < 4.78 is 0. The molecule has 0 saturated carbocycles. The average molecular weight is 377 g/mol. The molecule has 1 N–H and O–H groups in total. The zero-order chi connectivity index (χ0) is 19.9. The van der Waals surface area contributed by atoms with Crippen LogP contribution in [-0.4, -0.2) is 41.0 Å². The minimum Gasteiger partial charge on any atom is -0.507 e. The van der Waals surface area contributed by atoms with Crippen molar-refractivity contribution in [3.63, 3.8) is 0 Å². The van der Waals surface area contributed by atoms with Crippen molar-refractivity contribution in [2.45, 2.75) is 58.8 Å². The molecule has 2 rings (SSSR count). The van der Waals surface area contributed by atoms with Gasteiger partial charge in [0, 0.05) is 14.1 Å². The van der Waals surface area contributed by atoms with Crippen LogP contribution >= 0.6 is 11.8 Å². The summed E-state index contributed by atoms with van der Waals surface area (Å²) in [6.07, 6.45) is 2.70. The Morgan fingerprint density at radius 1 is 1.12 bits per heavy atom. The molecule has 1 fully saturated rings. The Bertz CT molecular complexity index is 690. The molecule has 1 aromatic carbocycles. The van der Waals surface area contributed by atoms with Gasteiger partial charge in [0.25, 0.3) is 5.91 Å². The summed E-state index contributed by atoms with van der Waals surface area (Å²) in [6, 6.07) is 4.16. The molecule has 1 amide bonds. The predicted octanol–water partition coefficient (Wildman–Crippen LogP) is 4.42. The fourth-order valence-electron chi connectivity index (χ4n) is 2.99. The lowest BCUT2D eigenvalue weighted by molar-refractivity contribution is -0.136. The van der Waals surface area contributed by atoms with Gasteiger partial charge in [0.05, 0.1) is 10.8 Å². The van der Waals surface area contributed by atoms with Crippen LogP contribution in [0.5, 0.6) is 5.75 Å². The van der Waals surface area contributed by atoms with Crippen LogP contribution in [0.15, 0.2) is 23.1 Å². The van der Waals surface area contributed by atoms with E-state index in [1.165, 1.54) is 0 Å². The highest BCUT2D eigenvalue weighted by Crippen LogP contribution is 2.40. The van der Waals surface area contributed by atoms with Gasteiger partial charge in [0.1, 0.15) is 5.75 Å². The zero-order valence-corrected chi connectivity index (χ0v) is 18.1. The second-order valence-electron chi connectivity index (χ2n) is 9.14. The van der Waals surface area contributed by atoms with Crippen LogP contribution in [0, 0.1) is 0 Å². The standard InChI is InChI=1S/C21H32N2O2S/c1-20(2,3)15-11-14(12-16(18(15)24)21(4,5)6)9-10-17-19(25)23(13-26-17)22(7)8/h10-12,24H,9,13H2,1-8H3/b17-10+. The zero-order valence-electron chi connectivity index (χ0n) is 17.3. The molecule has 144 valence electrons. The summed E-state index contributed by atoms with van der Waals surface area (Å²) in [5.74, 6) is 1.12. The third kappa shape index (κ3) is 4.44. The number of hydrogen-bond donors (Lipinski definition) is 1. The summed E-state index contributed by atoms with van der Waals surface area (Å²) in [5.41, 5.74) is 2.75. The fourth-order valence-corrected chi connectivity index (χ4v) is 4.03. The highest BCUT2D eigenvalue weighted by molar-refractivity contribution is 8.04. The molecule has 1 aromatic rings. The molecule has 0 aromatic heterocycles. The van der Waals surface area contributed by atoms with Gasteiger partial charge in [-0.15, -0.1) is 0 Å². The number of phenols is 1. The molecular weight excluding hydrogens is 344 g/mol. The van der Waals surface area contributed by atoms with E-state index in [4.69, 9.17) is 0 Å². The fraction of sp³-hybridized carbons (Fsp3) is 0.571. The van der Waals surface area contributed by atoms with E-state index >= 15 is 0 Å². The predicted molar refractivity (Wildman–Crippen MR) is 110 cm³/mol. The quantitative estimate of drug-likeness (QED) is 0.793. The number of thioether (sulfide) groups is 1. The molecule has 5 heteroatoms. The first kappa shape index (κ1) is 20.8. The van der Waals surface area contributed by atoms with Crippen LogP contribution < -0.4 is 0 Å². The van der Waals surface area contributed by atoms with Gasteiger partial charge in [0.15, 0.2) is 0 Å². The van der Waals surface area contributed by atoms with Gasteiger partial charge in [-0.05, 0) is 33.9 Å². The van der Waals surface area contributed by atoms with E-state index in [2.05, 4.69) is 53.7 Å². The molecule has 1 saturated heterocycles. The van der Waals surface area contributed by atoms with Crippen molar-refractivity contribution in [3.8, 4) is 5.75 Å². The van der Waals surface area contributed by atoms with E-state index in [-0.39, 0.29) is 16.7 Å². The lowest BCUT2D eigenvalue weighted by atomic mass is 9.78. The van der Waals surface area contributed by atoms with E-state index in [0.29, 0.717) is 18.0 Å². The number of carbonyl (C=O) groups is 1. The van der Waals surface area contributed by atoms with Crippen LogP contribution in [0.1, 0.15) is 58.2 Å². The van der Waals surface area contributed by atoms with Crippen molar-refractivity contribution in [1.29, 1.82) is 0 Å². The Morgan fingerprint density at radius 3 is 2.00 bits per heavy atom. The van der Waals surface area contributed by atoms with Crippen molar-refractivity contribution in [3.05, 3.63) is 39.8 Å². The van der Waals surface area contributed by atoms with Gasteiger partial charge in [-0.3, -0.25) is 9.80 Å². The molecule has 0 aliphatic carbocycles. The second-order valence-corrected chi connectivity index (χ2v) is 10.1. The highest BCUT2D eigenvalue weighted by atomic mass is 32.2. The van der Waals surface area contributed by atoms with Crippen molar-refractivity contribution in [1.82, 2.24) is 10.0 Å². The molecule has 1 heterocycles. The molecule has 0 atom stereocenters. The Balaban J connectivity index is 2.39. The van der Waals surface area contributed by atoms with Gasteiger partial charge in [-0.25, -0.2) is 5.01 Å². The summed E-state index contributed by atoms with van der Waals surface area (Å²) in [5, 5.41) is 14.4. The van der Waals surface area contributed by atoms with Gasteiger partial charge >= 0.3 is 0 Å². The molecule has 26 heavy (non-hydrogen) atoms. The molecule has 0 bridgehead atoms. The maximum absolute atomic E-state index is 12.4. The van der Waals surface area contributed by atoms with Crippen LogP contribution in [0.2, 0.25) is 0 Å². The van der Waals surface area contributed by atoms with E-state index in [1.54, 1.807) is 16.8 Å². The molecule has 0 unspecified atom stereocenters. The minimum atomic E-state index is -0.146. The summed E-state index contributed by atoms with van der Waals surface area (Å²) >= 11 is 1.58. The van der Waals surface area contributed by atoms with E-state index in [9.17, 15) is 9.90 Å². The van der Waals surface area contributed by atoms with Gasteiger partial charge in [-0.2, -0.15) is 0 Å². The number of rotatable bonds is 3. The molecule has 4 nitrogen and oxygen atoms in total. The van der Waals surface area contributed by atoms with E-state index in [0.717, 1.165) is 21.6 Å². The molecular formula is C21H32N2O2S.